The SMILES string of the molecule is COC(=O)C(C)CC(O)c1cccc(OC(F)(F)F)c1. The molecule has 7 heteroatoms. The molecule has 1 aromatic rings. The van der Waals surface area contributed by atoms with Crippen molar-refractivity contribution in [3.05, 3.63) is 29.8 Å². The fourth-order valence-corrected chi connectivity index (χ4v) is 1.69. The molecule has 1 rings (SSSR count). The molecule has 0 aliphatic heterocycles. The molecule has 1 N–H and O–H groups in total. The van der Waals surface area contributed by atoms with Crippen LogP contribution >= 0.6 is 0 Å². The third-order valence-electron chi connectivity index (χ3n) is 2.66. The van der Waals surface area contributed by atoms with Gasteiger partial charge in [0.1, 0.15) is 5.75 Å². The lowest BCUT2D eigenvalue weighted by Crippen LogP contribution is -2.18. The minimum absolute atomic E-state index is 0.0438. The van der Waals surface area contributed by atoms with Crippen LogP contribution in [0.25, 0.3) is 0 Å². The topological polar surface area (TPSA) is 55.8 Å². The third kappa shape index (κ3) is 5.08. The molecular formula is C13H15F3O4. The lowest BCUT2D eigenvalue weighted by molar-refractivity contribution is -0.274. The first-order valence-corrected chi connectivity index (χ1v) is 5.84. The number of rotatable bonds is 5. The highest BCUT2D eigenvalue weighted by molar-refractivity contribution is 5.71. The van der Waals surface area contributed by atoms with Crippen LogP contribution in [0.1, 0.15) is 25.0 Å². The van der Waals surface area contributed by atoms with E-state index in [0.717, 1.165) is 12.1 Å². The molecule has 112 valence electrons. The third-order valence-corrected chi connectivity index (χ3v) is 2.66. The summed E-state index contributed by atoms with van der Waals surface area (Å²) in [5, 5.41) is 9.91. The number of aliphatic hydroxyl groups is 1. The van der Waals surface area contributed by atoms with Crippen molar-refractivity contribution in [2.75, 3.05) is 7.11 Å². The molecule has 0 saturated heterocycles. The number of halogens is 3. The van der Waals surface area contributed by atoms with Crippen molar-refractivity contribution < 1.29 is 32.5 Å². The van der Waals surface area contributed by atoms with Crippen LogP contribution in [-0.4, -0.2) is 24.5 Å². The minimum atomic E-state index is -4.79. The molecule has 0 heterocycles. The lowest BCUT2D eigenvalue weighted by Gasteiger charge is -2.16. The van der Waals surface area contributed by atoms with Gasteiger partial charge in [0.2, 0.25) is 0 Å². The van der Waals surface area contributed by atoms with Crippen molar-refractivity contribution in [3.8, 4) is 5.75 Å². The normalized spacial score (nSPS) is 14.5. The molecule has 0 fully saturated rings. The van der Waals surface area contributed by atoms with Crippen molar-refractivity contribution in [1.82, 2.24) is 0 Å². The van der Waals surface area contributed by atoms with Crippen LogP contribution in [0.3, 0.4) is 0 Å². The Balaban J connectivity index is 2.76. The van der Waals surface area contributed by atoms with Crippen LogP contribution in [-0.2, 0) is 9.53 Å². The smallest absolute Gasteiger partial charge is 0.469 e. The molecule has 2 atom stereocenters. The van der Waals surface area contributed by atoms with Gasteiger partial charge in [0, 0.05) is 0 Å². The van der Waals surface area contributed by atoms with E-state index in [2.05, 4.69) is 9.47 Å². The lowest BCUT2D eigenvalue weighted by atomic mass is 9.98. The van der Waals surface area contributed by atoms with Crippen LogP contribution < -0.4 is 4.74 Å². The van der Waals surface area contributed by atoms with Crippen molar-refractivity contribution in [2.45, 2.75) is 25.8 Å². The fraction of sp³-hybridized carbons (Fsp3) is 0.462. The van der Waals surface area contributed by atoms with E-state index in [-0.39, 0.29) is 12.0 Å². The van der Waals surface area contributed by atoms with E-state index >= 15 is 0 Å². The Labute approximate surface area is 114 Å². The van der Waals surface area contributed by atoms with E-state index in [1.165, 1.54) is 19.2 Å². The van der Waals surface area contributed by atoms with Crippen molar-refractivity contribution in [1.29, 1.82) is 0 Å². The minimum Gasteiger partial charge on any atom is -0.469 e. The fourth-order valence-electron chi connectivity index (χ4n) is 1.69. The second kappa shape index (κ2) is 6.60. The van der Waals surface area contributed by atoms with E-state index < -0.39 is 30.1 Å². The maximum atomic E-state index is 12.1. The van der Waals surface area contributed by atoms with Gasteiger partial charge in [-0.3, -0.25) is 4.79 Å². The zero-order valence-electron chi connectivity index (χ0n) is 11.0. The van der Waals surface area contributed by atoms with E-state index in [4.69, 9.17) is 0 Å². The van der Waals surface area contributed by atoms with Gasteiger partial charge in [-0.15, -0.1) is 13.2 Å². The zero-order chi connectivity index (χ0) is 15.3. The number of benzene rings is 1. The maximum absolute atomic E-state index is 12.1. The Morgan fingerprint density at radius 3 is 2.60 bits per heavy atom. The molecule has 0 spiro atoms. The number of methoxy groups -OCH3 is 1. The van der Waals surface area contributed by atoms with E-state index in [0.29, 0.717) is 0 Å². The zero-order valence-corrected chi connectivity index (χ0v) is 11.0. The first-order valence-electron chi connectivity index (χ1n) is 5.84. The van der Waals surface area contributed by atoms with Crippen LogP contribution in [0.5, 0.6) is 5.75 Å². The highest BCUT2D eigenvalue weighted by atomic mass is 19.4. The van der Waals surface area contributed by atoms with Gasteiger partial charge in [-0.05, 0) is 24.1 Å². The Morgan fingerprint density at radius 2 is 2.05 bits per heavy atom. The molecule has 0 saturated carbocycles. The molecule has 0 aromatic heterocycles. The number of esters is 1. The molecular weight excluding hydrogens is 277 g/mol. The molecule has 4 nitrogen and oxygen atoms in total. The Hall–Kier alpha value is -1.76. The van der Waals surface area contributed by atoms with E-state index in [1.807, 2.05) is 0 Å². The van der Waals surface area contributed by atoms with Gasteiger partial charge >= 0.3 is 12.3 Å². The molecule has 1 aromatic carbocycles. The van der Waals surface area contributed by atoms with Gasteiger partial charge < -0.3 is 14.6 Å². The summed E-state index contributed by atoms with van der Waals surface area (Å²) < 4.78 is 44.5. The van der Waals surface area contributed by atoms with Gasteiger partial charge in [0.25, 0.3) is 0 Å². The van der Waals surface area contributed by atoms with Gasteiger partial charge in [0.15, 0.2) is 0 Å². The number of ether oxygens (including phenoxy) is 2. The first kappa shape index (κ1) is 16.3. The summed E-state index contributed by atoms with van der Waals surface area (Å²) in [6, 6.07) is 5.01. The summed E-state index contributed by atoms with van der Waals surface area (Å²) in [5.74, 6) is -1.48. The van der Waals surface area contributed by atoms with Crippen LogP contribution in [0.4, 0.5) is 13.2 Å². The second-order valence-electron chi connectivity index (χ2n) is 4.30. The standard InChI is InChI=1S/C13H15F3O4/c1-8(12(18)19-2)6-11(17)9-4-3-5-10(7-9)20-13(14,15)16/h3-5,7-8,11,17H,6H2,1-2H3. The van der Waals surface area contributed by atoms with Gasteiger partial charge in [-0.1, -0.05) is 19.1 Å². The second-order valence-corrected chi connectivity index (χ2v) is 4.30. The molecule has 2 unspecified atom stereocenters. The van der Waals surface area contributed by atoms with E-state index in [1.54, 1.807) is 6.92 Å². The predicted molar refractivity (Wildman–Crippen MR) is 63.9 cm³/mol. The molecule has 0 aliphatic rings. The largest absolute Gasteiger partial charge is 0.573 e. The average molecular weight is 292 g/mol. The molecule has 0 aliphatic carbocycles. The summed E-state index contributed by atoms with van der Waals surface area (Å²) >= 11 is 0. The first-order chi connectivity index (χ1) is 9.23. The van der Waals surface area contributed by atoms with Gasteiger partial charge in [0.05, 0.1) is 19.1 Å². The quantitative estimate of drug-likeness (QED) is 0.848. The highest BCUT2D eigenvalue weighted by Gasteiger charge is 2.31. The number of aliphatic hydroxyl groups excluding tert-OH is 1. The highest BCUT2D eigenvalue weighted by Crippen LogP contribution is 2.28. The monoisotopic (exact) mass is 292 g/mol. The van der Waals surface area contributed by atoms with Crippen molar-refractivity contribution in [2.24, 2.45) is 5.92 Å². The van der Waals surface area contributed by atoms with Gasteiger partial charge in [-0.25, -0.2) is 0 Å². The Kier molecular flexibility index (Phi) is 5.38. The Morgan fingerprint density at radius 1 is 1.40 bits per heavy atom. The van der Waals surface area contributed by atoms with E-state index in [9.17, 15) is 23.1 Å². The number of hydrogen-bond donors (Lipinski definition) is 1. The summed E-state index contributed by atoms with van der Waals surface area (Å²) in [6.07, 6.45) is -5.83. The number of carbonyl (C=O) groups excluding carboxylic acids is 1. The summed E-state index contributed by atoms with van der Waals surface area (Å²) in [7, 11) is 1.23. The van der Waals surface area contributed by atoms with Gasteiger partial charge in [-0.2, -0.15) is 0 Å². The summed E-state index contributed by atoms with van der Waals surface area (Å²) in [4.78, 5) is 11.2. The average Bonchev–Trinajstić information content (AvgIpc) is 2.35. The summed E-state index contributed by atoms with van der Waals surface area (Å²) in [5.41, 5.74) is 0.238. The number of carbonyl (C=O) groups is 1. The molecule has 20 heavy (non-hydrogen) atoms. The van der Waals surface area contributed by atoms with Crippen molar-refractivity contribution in [3.63, 3.8) is 0 Å². The predicted octanol–water partition coefficient (Wildman–Crippen LogP) is 2.82. The van der Waals surface area contributed by atoms with Crippen LogP contribution in [0.15, 0.2) is 24.3 Å². The maximum Gasteiger partial charge on any atom is 0.573 e. The Bertz CT molecular complexity index is 459. The van der Waals surface area contributed by atoms with Crippen molar-refractivity contribution >= 4 is 5.97 Å². The number of hydrogen-bond acceptors (Lipinski definition) is 4. The van der Waals surface area contributed by atoms with Crippen LogP contribution in [0.2, 0.25) is 0 Å². The summed E-state index contributed by atoms with van der Waals surface area (Å²) in [6.45, 7) is 1.56. The number of alkyl halides is 3. The van der Waals surface area contributed by atoms with Crippen LogP contribution in [0, 0.1) is 5.92 Å². The molecule has 0 bridgehead atoms. The molecule has 0 amide bonds. The molecule has 0 radical (unpaired) electrons.